The van der Waals surface area contributed by atoms with Crippen LogP contribution in [0.2, 0.25) is 0 Å². The molecule has 5 nitrogen and oxygen atoms in total. The monoisotopic (exact) mass is 280 g/mol. The fourth-order valence-corrected chi connectivity index (χ4v) is 2.17. The summed E-state index contributed by atoms with van der Waals surface area (Å²) < 4.78 is 21.4. The van der Waals surface area contributed by atoms with Crippen molar-refractivity contribution in [3.63, 3.8) is 0 Å². The number of aromatic hydroxyl groups is 1. The van der Waals surface area contributed by atoms with E-state index >= 15 is 0 Å². The molecule has 6 heteroatoms. The number of hydrogen-bond donors (Lipinski definition) is 2. The summed E-state index contributed by atoms with van der Waals surface area (Å²) in [5.41, 5.74) is 0.411. The molecule has 0 saturated heterocycles. The normalized spacial score (nSPS) is 13.7. The maximum Gasteiger partial charge on any atom is 0.527 e. The summed E-state index contributed by atoms with van der Waals surface area (Å²) in [5, 5.41) is 9.50. The smallest absolute Gasteiger partial charge is 0.508 e. The minimum Gasteiger partial charge on any atom is -0.508 e. The standard InChI is InChI=1S/C13H13O5P/c14-13-9-5-4-6-11(13)10-17-19(15,16)18-12-7-2-1-3-8-12/h1-9,14H,10H2,(H,15,16). The number of phosphoric ester groups is 1. The van der Waals surface area contributed by atoms with E-state index in [1.807, 2.05) is 0 Å². The van der Waals surface area contributed by atoms with Gasteiger partial charge in [-0.2, -0.15) is 0 Å². The second-order valence-corrected chi connectivity index (χ2v) is 5.15. The zero-order valence-corrected chi connectivity index (χ0v) is 10.9. The molecule has 1 atom stereocenters. The lowest BCUT2D eigenvalue weighted by Crippen LogP contribution is -1.98. The quantitative estimate of drug-likeness (QED) is 0.823. The third-order valence-corrected chi connectivity index (χ3v) is 3.24. The summed E-state index contributed by atoms with van der Waals surface area (Å²) in [4.78, 5) is 9.55. The fourth-order valence-electron chi connectivity index (χ4n) is 1.42. The lowest BCUT2D eigenvalue weighted by Gasteiger charge is -2.13. The van der Waals surface area contributed by atoms with E-state index in [1.165, 1.54) is 6.07 Å². The van der Waals surface area contributed by atoms with Gasteiger partial charge >= 0.3 is 7.82 Å². The lowest BCUT2D eigenvalue weighted by atomic mass is 10.2. The topological polar surface area (TPSA) is 76.0 Å². The van der Waals surface area contributed by atoms with Gasteiger partial charge in [0.25, 0.3) is 0 Å². The van der Waals surface area contributed by atoms with E-state index < -0.39 is 7.82 Å². The van der Waals surface area contributed by atoms with Crippen molar-refractivity contribution in [2.45, 2.75) is 6.61 Å². The van der Waals surface area contributed by atoms with Crippen molar-refractivity contribution in [3.8, 4) is 11.5 Å². The van der Waals surface area contributed by atoms with E-state index in [0.717, 1.165) is 0 Å². The Balaban J connectivity index is 1.98. The molecule has 0 aromatic heterocycles. The van der Waals surface area contributed by atoms with Crippen LogP contribution in [0.5, 0.6) is 11.5 Å². The van der Waals surface area contributed by atoms with Crippen LogP contribution in [0.25, 0.3) is 0 Å². The molecule has 0 bridgehead atoms. The van der Waals surface area contributed by atoms with Gasteiger partial charge in [0.1, 0.15) is 11.5 Å². The zero-order valence-electron chi connectivity index (χ0n) is 9.97. The highest BCUT2D eigenvalue weighted by Crippen LogP contribution is 2.44. The Morgan fingerprint density at radius 1 is 1.00 bits per heavy atom. The summed E-state index contributed by atoms with van der Waals surface area (Å²) in [6.45, 7) is -0.215. The highest BCUT2D eigenvalue weighted by Gasteiger charge is 2.23. The van der Waals surface area contributed by atoms with Gasteiger partial charge in [-0.25, -0.2) is 4.57 Å². The van der Waals surface area contributed by atoms with Crippen LogP contribution in [-0.4, -0.2) is 10.00 Å². The summed E-state index contributed by atoms with van der Waals surface area (Å²) >= 11 is 0. The van der Waals surface area contributed by atoms with Crippen molar-refractivity contribution in [3.05, 3.63) is 60.2 Å². The number of phenols is 1. The van der Waals surface area contributed by atoms with Gasteiger partial charge in [0.15, 0.2) is 0 Å². The van der Waals surface area contributed by atoms with Gasteiger partial charge in [-0.05, 0) is 18.2 Å². The minimum absolute atomic E-state index is 0.00205. The Labute approximate surface area is 110 Å². The van der Waals surface area contributed by atoms with E-state index in [4.69, 9.17) is 9.05 Å². The van der Waals surface area contributed by atoms with Gasteiger partial charge in [-0.3, -0.25) is 9.42 Å². The van der Waals surface area contributed by atoms with E-state index in [2.05, 4.69) is 0 Å². The van der Waals surface area contributed by atoms with E-state index in [1.54, 1.807) is 48.5 Å². The second kappa shape index (κ2) is 5.89. The molecule has 1 unspecified atom stereocenters. The molecule has 0 aliphatic heterocycles. The molecule has 2 aromatic rings. The Hall–Kier alpha value is -1.81. The zero-order chi connectivity index (χ0) is 13.7. The average Bonchev–Trinajstić information content (AvgIpc) is 2.38. The molecule has 0 spiro atoms. The summed E-state index contributed by atoms with van der Waals surface area (Å²) in [7, 11) is -4.21. The van der Waals surface area contributed by atoms with Crippen molar-refractivity contribution in [2.75, 3.05) is 0 Å². The van der Waals surface area contributed by atoms with Crippen LogP contribution in [0.4, 0.5) is 0 Å². The average molecular weight is 280 g/mol. The van der Waals surface area contributed by atoms with Gasteiger partial charge in [0.05, 0.1) is 6.61 Å². The maximum absolute atomic E-state index is 11.7. The first-order chi connectivity index (χ1) is 9.07. The lowest BCUT2D eigenvalue weighted by molar-refractivity contribution is 0.193. The predicted octanol–water partition coefficient (Wildman–Crippen LogP) is 3.09. The highest BCUT2D eigenvalue weighted by molar-refractivity contribution is 7.47. The van der Waals surface area contributed by atoms with Gasteiger partial charge in [0, 0.05) is 5.56 Å². The van der Waals surface area contributed by atoms with Gasteiger partial charge in [-0.1, -0.05) is 36.4 Å². The van der Waals surface area contributed by atoms with Crippen LogP contribution in [0.3, 0.4) is 0 Å². The van der Waals surface area contributed by atoms with Crippen LogP contribution in [-0.2, 0) is 15.7 Å². The van der Waals surface area contributed by atoms with E-state index in [0.29, 0.717) is 5.56 Å². The largest absolute Gasteiger partial charge is 0.527 e. The molecule has 0 heterocycles. The van der Waals surface area contributed by atoms with Crippen LogP contribution in [0.15, 0.2) is 54.6 Å². The number of phosphoric acid groups is 1. The Kier molecular flexibility index (Phi) is 4.22. The Morgan fingerprint density at radius 3 is 2.32 bits per heavy atom. The van der Waals surface area contributed by atoms with E-state index in [9.17, 15) is 14.6 Å². The van der Waals surface area contributed by atoms with Crippen LogP contribution in [0, 0.1) is 0 Å². The van der Waals surface area contributed by atoms with Crippen molar-refractivity contribution in [1.82, 2.24) is 0 Å². The van der Waals surface area contributed by atoms with Gasteiger partial charge in [-0.15, -0.1) is 0 Å². The van der Waals surface area contributed by atoms with Crippen molar-refractivity contribution in [2.24, 2.45) is 0 Å². The second-order valence-electron chi connectivity index (χ2n) is 3.78. The number of para-hydroxylation sites is 2. The fraction of sp³-hybridized carbons (Fsp3) is 0.0769. The number of hydrogen-bond acceptors (Lipinski definition) is 4. The Bertz CT molecular complexity index is 585. The molecular weight excluding hydrogens is 267 g/mol. The van der Waals surface area contributed by atoms with Gasteiger partial charge in [0.2, 0.25) is 0 Å². The molecule has 0 radical (unpaired) electrons. The molecular formula is C13H13O5P. The highest BCUT2D eigenvalue weighted by atomic mass is 31.2. The van der Waals surface area contributed by atoms with Crippen LogP contribution < -0.4 is 4.52 Å². The first-order valence-corrected chi connectivity index (χ1v) is 7.05. The number of phenolic OH excluding ortho intramolecular Hbond substituents is 1. The van der Waals surface area contributed by atoms with Crippen molar-refractivity contribution >= 4 is 7.82 Å². The number of benzene rings is 2. The molecule has 19 heavy (non-hydrogen) atoms. The Morgan fingerprint density at radius 2 is 1.63 bits per heavy atom. The SMILES string of the molecule is O=P(O)(OCc1ccccc1O)Oc1ccccc1. The molecule has 0 aliphatic carbocycles. The molecule has 2 aromatic carbocycles. The predicted molar refractivity (Wildman–Crippen MR) is 69.8 cm³/mol. The van der Waals surface area contributed by atoms with Gasteiger partial charge < -0.3 is 9.63 Å². The molecule has 0 fully saturated rings. The molecule has 0 amide bonds. The van der Waals surface area contributed by atoms with Crippen molar-refractivity contribution in [1.29, 1.82) is 0 Å². The number of rotatable bonds is 5. The van der Waals surface area contributed by atoms with Crippen molar-refractivity contribution < 1.29 is 23.6 Å². The minimum atomic E-state index is -4.21. The molecule has 0 saturated carbocycles. The molecule has 2 N–H and O–H groups in total. The summed E-state index contributed by atoms with van der Waals surface area (Å²) in [5.74, 6) is 0.243. The molecule has 100 valence electrons. The summed E-state index contributed by atoms with van der Waals surface area (Å²) in [6.07, 6.45) is 0. The summed E-state index contributed by atoms with van der Waals surface area (Å²) in [6, 6.07) is 14.6. The van der Waals surface area contributed by atoms with E-state index in [-0.39, 0.29) is 18.1 Å². The first-order valence-electron chi connectivity index (χ1n) is 5.56. The third-order valence-electron chi connectivity index (χ3n) is 2.34. The maximum atomic E-state index is 11.7. The first kappa shape index (κ1) is 13.6. The van der Waals surface area contributed by atoms with Crippen LogP contribution in [0.1, 0.15) is 5.56 Å². The molecule has 2 rings (SSSR count). The molecule has 0 aliphatic rings. The van der Waals surface area contributed by atoms with Crippen LogP contribution >= 0.6 is 7.82 Å². The third kappa shape index (κ3) is 4.10.